The van der Waals surface area contributed by atoms with Crippen molar-refractivity contribution in [3.63, 3.8) is 0 Å². The van der Waals surface area contributed by atoms with Gasteiger partial charge in [-0.25, -0.2) is 13.6 Å². The minimum Gasteiger partial charge on any atom is -0.481 e. The van der Waals surface area contributed by atoms with E-state index < -0.39 is 40.3 Å². The van der Waals surface area contributed by atoms with Crippen molar-refractivity contribution in [3.8, 4) is 0 Å². The number of urea groups is 1. The molecular weight excluding hydrogens is 282 g/mol. The Labute approximate surface area is 121 Å². The van der Waals surface area contributed by atoms with Crippen LogP contribution in [0.15, 0.2) is 18.2 Å². The molecule has 0 aromatic heterocycles. The molecule has 0 bridgehead atoms. The van der Waals surface area contributed by atoms with Crippen LogP contribution in [0.3, 0.4) is 0 Å². The lowest BCUT2D eigenvalue weighted by molar-refractivity contribution is -0.150. The number of carbonyl (C=O) groups excluding carboxylic acids is 1. The topological polar surface area (TPSA) is 78.4 Å². The third-order valence-corrected chi connectivity index (χ3v) is 3.72. The van der Waals surface area contributed by atoms with Gasteiger partial charge < -0.3 is 15.7 Å². The first-order valence-corrected chi connectivity index (χ1v) is 6.25. The average Bonchev–Trinajstić information content (AvgIpc) is 2.33. The molecule has 0 fully saturated rings. The highest BCUT2D eigenvalue weighted by molar-refractivity contribution is 5.90. The van der Waals surface area contributed by atoms with E-state index in [4.69, 9.17) is 0 Å². The molecule has 0 atom stereocenters. The second-order valence-electron chi connectivity index (χ2n) is 5.73. The van der Waals surface area contributed by atoms with Gasteiger partial charge in [-0.1, -0.05) is 6.07 Å². The number of benzene rings is 1. The van der Waals surface area contributed by atoms with E-state index in [-0.39, 0.29) is 0 Å². The molecular formula is C14H18F2N2O3. The van der Waals surface area contributed by atoms with Gasteiger partial charge in [0.2, 0.25) is 0 Å². The van der Waals surface area contributed by atoms with Crippen molar-refractivity contribution >= 4 is 17.7 Å². The van der Waals surface area contributed by atoms with Crippen LogP contribution in [-0.2, 0) is 4.79 Å². The largest absolute Gasteiger partial charge is 0.481 e. The van der Waals surface area contributed by atoms with Gasteiger partial charge in [-0.15, -0.1) is 0 Å². The maximum atomic E-state index is 13.4. The number of nitrogens with one attached hydrogen (secondary N) is 2. The van der Waals surface area contributed by atoms with E-state index >= 15 is 0 Å². The molecule has 0 unspecified atom stereocenters. The maximum absolute atomic E-state index is 13.4. The SMILES string of the molecule is CC(C)(NC(=O)Nc1c(F)cccc1F)C(C)(C)C(=O)O. The molecule has 0 heterocycles. The van der Waals surface area contributed by atoms with Crippen LogP contribution in [0, 0.1) is 17.0 Å². The number of anilines is 1. The van der Waals surface area contributed by atoms with E-state index in [2.05, 4.69) is 10.6 Å². The van der Waals surface area contributed by atoms with Crippen LogP contribution in [0.25, 0.3) is 0 Å². The molecule has 0 aliphatic heterocycles. The van der Waals surface area contributed by atoms with Crippen LogP contribution in [0.5, 0.6) is 0 Å². The zero-order valence-corrected chi connectivity index (χ0v) is 12.3. The van der Waals surface area contributed by atoms with Crippen LogP contribution in [-0.4, -0.2) is 22.6 Å². The molecule has 0 saturated heterocycles. The predicted molar refractivity (Wildman–Crippen MR) is 74.0 cm³/mol. The number of amides is 2. The summed E-state index contributed by atoms with van der Waals surface area (Å²) in [6.45, 7) is 5.91. The predicted octanol–water partition coefficient (Wildman–Crippen LogP) is 2.98. The smallest absolute Gasteiger partial charge is 0.319 e. The summed E-state index contributed by atoms with van der Waals surface area (Å²) in [4.78, 5) is 23.1. The first kappa shape index (κ1) is 16.9. The van der Waals surface area contributed by atoms with E-state index in [1.165, 1.54) is 33.8 Å². The molecule has 0 radical (unpaired) electrons. The van der Waals surface area contributed by atoms with Crippen molar-refractivity contribution in [2.75, 3.05) is 5.32 Å². The van der Waals surface area contributed by atoms with Crippen molar-refractivity contribution in [2.24, 2.45) is 5.41 Å². The van der Waals surface area contributed by atoms with Crippen molar-refractivity contribution in [2.45, 2.75) is 33.2 Å². The van der Waals surface area contributed by atoms with Crippen LogP contribution in [0.4, 0.5) is 19.3 Å². The van der Waals surface area contributed by atoms with Gasteiger partial charge >= 0.3 is 12.0 Å². The van der Waals surface area contributed by atoms with Crippen LogP contribution < -0.4 is 10.6 Å². The summed E-state index contributed by atoms with van der Waals surface area (Å²) >= 11 is 0. The van der Waals surface area contributed by atoms with Gasteiger partial charge in [-0.2, -0.15) is 0 Å². The number of carboxylic acids is 1. The number of hydrogen-bond donors (Lipinski definition) is 3. The number of rotatable bonds is 4. The average molecular weight is 300 g/mol. The van der Waals surface area contributed by atoms with E-state index in [0.717, 1.165) is 12.1 Å². The van der Waals surface area contributed by atoms with Gasteiger partial charge in [0.25, 0.3) is 0 Å². The molecule has 3 N–H and O–H groups in total. The molecule has 0 spiro atoms. The van der Waals surface area contributed by atoms with Crippen LogP contribution in [0.1, 0.15) is 27.7 Å². The van der Waals surface area contributed by atoms with Gasteiger partial charge in [0, 0.05) is 0 Å². The Kier molecular flexibility index (Phi) is 4.56. The molecule has 5 nitrogen and oxygen atoms in total. The summed E-state index contributed by atoms with van der Waals surface area (Å²) in [5.74, 6) is -2.94. The van der Waals surface area contributed by atoms with Gasteiger partial charge in [0.1, 0.15) is 17.3 Å². The highest BCUT2D eigenvalue weighted by Crippen LogP contribution is 2.30. The Morgan fingerprint density at radius 1 is 1.10 bits per heavy atom. The minimum atomic E-state index is -1.28. The van der Waals surface area contributed by atoms with E-state index in [1.54, 1.807) is 0 Å². The number of aliphatic carboxylic acids is 1. The molecule has 2 amide bonds. The maximum Gasteiger partial charge on any atom is 0.319 e. The van der Waals surface area contributed by atoms with Crippen LogP contribution in [0.2, 0.25) is 0 Å². The molecule has 1 rings (SSSR count). The molecule has 0 saturated carbocycles. The highest BCUT2D eigenvalue weighted by atomic mass is 19.1. The number of halogens is 2. The number of carboxylic acid groups (broad SMARTS) is 1. The summed E-state index contributed by atoms with van der Waals surface area (Å²) in [5, 5.41) is 13.6. The number of carbonyl (C=O) groups is 2. The van der Waals surface area contributed by atoms with Gasteiger partial charge in [0.15, 0.2) is 0 Å². The van der Waals surface area contributed by atoms with E-state index in [0.29, 0.717) is 0 Å². The van der Waals surface area contributed by atoms with E-state index in [1.807, 2.05) is 0 Å². The van der Waals surface area contributed by atoms with Crippen LogP contribution >= 0.6 is 0 Å². The molecule has 116 valence electrons. The zero-order chi connectivity index (χ0) is 16.4. The lowest BCUT2D eigenvalue weighted by Crippen LogP contribution is -2.57. The number of para-hydroxylation sites is 1. The summed E-state index contributed by atoms with van der Waals surface area (Å²) in [5.41, 5.74) is -3.01. The zero-order valence-electron chi connectivity index (χ0n) is 12.3. The standard InChI is InChI=1S/C14H18F2N2O3/c1-13(2,11(19)20)14(3,4)18-12(21)17-10-8(15)6-5-7-9(10)16/h5-7H,1-4H3,(H,19,20)(H2,17,18,21). The normalized spacial score (nSPS) is 11.9. The van der Waals surface area contributed by atoms with E-state index in [9.17, 15) is 23.5 Å². The first-order chi connectivity index (χ1) is 9.49. The Hall–Kier alpha value is -2.18. The summed E-state index contributed by atoms with van der Waals surface area (Å²) in [7, 11) is 0. The minimum absolute atomic E-state index is 0.584. The third-order valence-electron chi connectivity index (χ3n) is 3.72. The number of hydrogen-bond acceptors (Lipinski definition) is 2. The fourth-order valence-electron chi connectivity index (χ4n) is 1.47. The van der Waals surface area contributed by atoms with Gasteiger partial charge in [-0.3, -0.25) is 4.79 Å². The summed E-state index contributed by atoms with van der Waals surface area (Å²) in [6, 6.07) is 2.29. The molecule has 7 heteroatoms. The Morgan fingerprint density at radius 2 is 1.57 bits per heavy atom. The highest BCUT2D eigenvalue weighted by Gasteiger charge is 2.44. The lowest BCUT2D eigenvalue weighted by atomic mass is 9.74. The molecule has 21 heavy (non-hydrogen) atoms. The van der Waals surface area contributed by atoms with Crippen molar-refractivity contribution in [3.05, 3.63) is 29.8 Å². The molecule has 1 aromatic rings. The molecule has 0 aliphatic carbocycles. The second kappa shape index (κ2) is 5.67. The van der Waals surface area contributed by atoms with Gasteiger partial charge in [-0.05, 0) is 39.8 Å². The summed E-state index contributed by atoms with van der Waals surface area (Å²) < 4.78 is 26.9. The van der Waals surface area contributed by atoms with Crippen molar-refractivity contribution < 1.29 is 23.5 Å². The fraction of sp³-hybridized carbons (Fsp3) is 0.429. The molecule has 0 aliphatic rings. The Morgan fingerprint density at radius 3 is 2.00 bits per heavy atom. The molecule has 1 aromatic carbocycles. The van der Waals surface area contributed by atoms with Crippen molar-refractivity contribution in [1.29, 1.82) is 0 Å². The third kappa shape index (κ3) is 3.48. The Balaban J connectivity index is 2.90. The van der Waals surface area contributed by atoms with Gasteiger partial charge in [0.05, 0.1) is 11.0 Å². The fourth-order valence-corrected chi connectivity index (χ4v) is 1.47. The van der Waals surface area contributed by atoms with Crippen molar-refractivity contribution in [1.82, 2.24) is 5.32 Å². The lowest BCUT2D eigenvalue weighted by Gasteiger charge is -2.38. The first-order valence-electron chi connectivity index (χ1n) is 6.25. The monoisotopic (exact) mass is 300 g/mol. The second-order valence-corrected chi connectivity index (χ2v) is 5.73. The quantitative estimate of drug-likeness (QED) is 0.800. The summed E-state index contributed by atoms with van der Waals surface area (Å²) in [6.07, 6.45) is 0. The Bertz CT molecular complexity index is 551.